The maximum atomic E-state index is 12.3. The second kappa shape index (κ2) is 7.88. The number of carbonyl (C=O) groups excluding carboxylic acids is 1. The lowest BCUT2D eigenvalue weighted by molar-refractivity contribution is -0.134. The number of hydrogen-bond donors (Lipinski definition) is 1. The highest BCUT2D eigenvalue weighted by molar-refractivity contribution is 5.94. The van der Waals surface area contributed by atoms with Crippen molar-refractivity contribution in [2.24, 2.45) is 0 Å². The largest absolute Gasteiger partial charge is 0.365 e. The van der Waals surface area contributed by atoms with Crippen LogP contribution in [0.25, 0.3) is 0 Å². The van der Waals surface area contributed by atoms with Crippen LogP contribution in [0.4, 0.5) is 0 Å². The molecule has 3 heterocycles. The van der Waals surface area contributed by atoms with Crippen LogP contribution >= 0.6 is 0 Å². The average Bonchev–Trinajstić information content (AvgIpc) is 3.43. The Balaban J connectivity index is 1.24. The van der Waals surface area contributed by atoms with Crippen LogP contribution in [-0.2, 0) is 24.4 Å². The number of hydrogen-bond acceptors (Lipinski definition) is 5. The fourth-order valence-electron chi connectivity index (χ4n) is 5.15. The van der Waals surface area contributed by atoms with Gasteiger partial charge in [0.25, 0.3) is 5.91 Å². The number of carbonyl (C=O) groups is 1. The molecule has 1 N–H and O–H groups in total. The highest BCUT2D eigenvalue weighted by Gasteiger charge is 2.43. The molecule has 2 aliphatic heterocycles. The van der Waals surface area contributed by atoms with Crippen LogP contribution in [0.1, 0.15) is 60.3 Å². The fraction of sp³-hybridized carbons (Fsp3) is 0.591. The molecule has 29 heavy (non-hydrogen) atoms. The van der Waals surface area contributed by atoms with Crippen LogP contribution in [0.5, 0.6) is 0 Å². The van der Waals surface area contributed by atoms with Gasteiger partial charge in [0, 0.05) is 18.2 Å². The van der Waals surface area contributed by atoms with Crippen molar-refractivity contribution in [3.05, 3.63) is 47.3 Å². The molecule has 1 spiro atoms. The van der Waals surface area contributed by atoms with Gasteiger partial charge < -0.3 is 10.1 Å². The third-order valence-corrected chi connectivity index (χ3v) is 6.73. The van der Waals surface area contributed by atoms with Crippen molar-refractivity contribution in [1.29, 1.82) is 0 Å². The summed E-state index contributed by atoms with van der Waals surface area (Å²) in [5, 5.41) is 11.7. The molecule has 0 bridgehead atoms. The van der Waals surface area contributed by atoms with E-state index >= 15 is 0 Å². The van der Waals surface area contributed by atoms with Gasteiger partial charge in [0.1, 0.15) is 11.3 Å². The lowest BCUT2D eigenvalue weighted by atomic mass is 9.90. The second-order valence-corrected chi connectivity index (χ2v) is 8.67. The van der Waals surface area contributed by atoms with Crippen molar-refractivity contribution in [2.45, 2.75) is 69.9 Å². The number of ether oxygens (including phenoxy) is 1. The van der Waals surface area contributed by atoms with E-state index in [0.717, 1.165) is 36.9 Å². The van der Waals surface area contributed by atoms with Gasteiger partial charge in [-0.2, -0.15) is 0 Å². The van der Waals surface area contributed by atoms with Crippen molar-refractivity contribution >= 4 is 5.91 Å². The Morgan fingerprint density at radius 1 is 1.17 bits per heavy atom. The summed E-state index contributed by atoms with van der Waals surface area (Å²) in [7, 11) is 0. The van der Waals surface area contributed by atoms with E-state index in [1.54, 1.807) is 0 Å². The van der Waals surface area contributed by atoms with Crippen molar-refractivity contribution in [3.63, 3.8) is 0 Å². The van der Waals surface area contributed by atoms with E-state index in [1.807, 2.05) is 35.0 Å². The quantitative estimate of drug-likeness (QED) is 0.861. The van der Waals surface area contributed by atoms with E-state index in [0.29, 0.717) is 18.7 Å². The zero-order valence-electron chi connectivity index (χ0n) is 16.8. The first-order chi connectivity index (χ1) is 14.2. The highest BCUT2D eigenvalue weighted by atomic mass is 16.5. The molecule has 2 aromatic rings. The number of nitrogens with one attached hydrogen (secondary N) is 1. The molecule has 7 heteroatoms. The summed E-state index contributed by atoms with van der Waals surface area (Å²) < 4.78 is 8.46. The standard InChI is InChI=1S/C22H29N5O2/c28-21(17-7-2-1-3-8-17)23-13-19-20-14-29-22(16-27(20)25-24-19)11-6-12-26(15-22)18-9-4-5-10-18/h1-3,7-8,18H,4-6,9-16H2,(H,23,28). The summed E-state index contributed by atoms with van der Waals surface area (Å²) in [5.41, 5.74) is 2.29. The molecule has 1 aromatic carbocycles. The van der Waals surface area contributed by atoms with Crippen LogP contribution in [-0.4, -0.2) is 50.5 Å². The van der Waals surface area contributed by atoms with E-state index in [4.69, 9.17) is 4.74 Å². The minimum atomic E-state index is -0.147. The minimum Gasteiger partial charge on any atom is -0.365 e. The van der Waals surface area contributed by atoms with Gasteiger partial charge in [-0.05, 0) is 44.4 Å². The lowest BCUT2D eigenvalue weighted by Gasteiger charge is -2.46. The Bertz CT molecular complexity index is 861. The normalized spacial score (nSPS) is 25.2. The van der Waals surface area contributed by atoms with Gasteiger partial charge in [-0.3, -0.25) is 9.69 Å². The van der Waals surface area contributed by atoms with Crippen molar-refractivity contribution in [2.75, 3.05) is 13.1 Å². The Labute approximate surface area is 171 Å². The Kier molecular flexibility index (Phi) is 5.09. The zero-order chi connectivity index (χ0) is 19.7. The summed E-state index contributed by atoms with van der Waals surface area (Å²) in [6, 6.07) is 9.97. The Hall–Kier alpha value is -2.25. The topological polar surface area (TPSA) is 72.3 Å². The predicted octanol–water partition coefficient (Wildman–Crippen LogP) is 2.52. The average molecular weight is 396 g/mol. The van der Waals surface area contributed by atoms with E-state index in [2.05, 4.69) is 20.5 Å². The summed E-state index contributed by atoms with van der Waals surface area (Å²) in [4.78, 5) is 15.0. The van der Waals surface area contributed by atoms with Crippen LogP contribution in [0.2, 0.25) is 0 Å². The van der Waals surface area contributed by atoms with Crippen LogP contribution in [0, 0.1) is 0 Å². The molecule has 1 aliphatic carbocycles. The number of fused-ring (bicyclic) bond motifs is 1. The van der Waals surface area contributed by atoms with Gasteiger partial charge >= 0.3 is 0 Å². The molecule has 3 aliphatic rings. The molecule has 0 radical (unpaired) electrons. The number of nitrogens with zero attached hydrogens (tertiary/aromatic N) is 4. The molecule has 1 saturated heterocycles. The number of rotatable bonds is 4. The SMILES string of the molecule is O=C(NCc1nnn2c1COC1(CCCN(C3CCCC3)C1)C2)c1ccccc1. The third kappa shape index (κ3) is 3.81. The molecule has 1 atom stereocenters. The maximum Gasteiger partial charge on any atom is 0.251 e. The molecule has 1 saturated carbocycles. The molecule has 1 amide bonds. The van der Waals surface area contributed by atoms with Gasteiger partial charge in [0.15, 0.2) is 0 Å². The third-order valence-electron chi connectivity index (χ3n) is 6.73. The molecule has 154 valence electrons. The molecule has 2 fully saturated rings. The smallest absolute Gasteiger partial charge is 0.251 e. The predicted molar refractivity (Wildman–Crippen MR) is 108 cm³/mol. The first-order valence-corrected chi connectivity index (χ1v) is 10.8. The Morgan fingerprint density at radius 2 is 2.00 bits per heavy atom. The summed E-state index contributed by atoms with van der Waals surface area (Å²) in [6.45, 7) is 3.83. The minimum absolute atomic E-state index is 0.0972. The first-order valence-electron chi connectivity index (χ1n) is 10.8. The summed E-state index contributed by atoms with van der Waals surface area (Å²) in [6.07, 6.45) is 7.64. The van der Waals surface area contributed by atoms with E-state index < -0.39 is 0 Å². The monoisotopic (exact) mass is 395 g/mol. The molecule has 5 rings (SSSR count). The second-order valence-electron chi connectivity index (χ2n) is 8.67. The highest BCUT2D eigenvalue weighted by Crippen LogP contribution is 2.35. The van der Waals surface area contributed by atoms with Crippen molar-refractivity contribution in [1.82, 2.24) is 25.2 Å². The van der Waals surface area contributed by atoms with E-state index in [1.165, 1.54) is 38.6 Å². The Morgan fingerprint density at radius 3 is 2.83 bits per heavy atom. The van der Waals surface area contributed by atoms with Crippen LogP contribution in [0.3, 0.4) is 0 Å². The number of likely N-dealkylation sites (tertiary alicyclic amines) is 1. The van der Waals surface area contributed by atoms with Gasteiger partial charge in [-0.25, -0.2) is 4.68 Å². The number of benzene rings is 1. The molecular weight excluding hydrogens is 366 g/mol. The van der Waals surface area contributed by atoms with E-state index in [-0.39, 0.29) is 11.5 Å². The first kappa shape index (κ1) is 18.8. The molecule has 7 nitrogen and oxygen atoms in total. The lowest BCUT2D eigenvalue weighted by Crippen LogP contribution is -2.56. The van der Waals surface area contributed by atoms with Crippen molar-refractivity contribution in [3.8, 4) is 0 Å². The number of aromatic nitrogens is 3. The number of piperidine rings is 1. The fourth-order valence-corrected chi connectivity index (χ4v) is 5.15. The van der Waals surface area contributed by atoms with Gasteiger partial charge in [-0.15, -0.1) is 5.10 Å². The number of amides is 1. The van der Waals surface area contributed by atoms with Gasteiger partial charge in [-0.1, -0.05) is 36.3 Å². The zero-order valence-corrected chi connectivity index (χ0v) is 16.8. The van der Waals surface area contributed by atoms with E-state index in [9.17, 15) is 4.79 Å². The van der Waals surface area contributed by atoms with Gasteiger partial charge in [0.05, 0.1) is 25.4 Å². The molecule has 1 aromatic heterocycles. The van der Waals surface area contributed by atoms with Gasteiger partial charge in [0.2, 0.25) is 0 Å². The van der Waals surface area contributed by atoms with Crippen molar-refractivity contribution < 1.29 is 9.53 Å². The summed E-state index contributed by atoms with van der Waals surface area (Å²) >= 11 is 0. The molecular formula is C22H29N5O2. The van der Waals surface area contributed by atoms with Crippen LogP contribution < -0.4 is 5.32 Å². The maximum absolute atomic E-state index is 12.3. The summed E-state index contributed by atoms with van der Waals surface area (Å²) in [5.74, 6) is -0.0972. The van der Waals surface area contributed by atoms with Crippen LogP contribution in [0.15, 0.2) is 30.3 Å². The molecule has 1 unspecified atom stereocenters.